The van der Waals surface area contributed by atoms with Crippen LogP contribution in [0.5, 0.6) is 5.75 Å². The summed E-state index contributed by atoms with van der Waals surface area (Å²) >= 11 is 6.30. The molecule has 18 heavy (non-hydrogen) atoms. The molecule has 0 unspecified atom stereocenters. The van der Waals surface area contributed by atoms with Crippen molar-refractivity contribution in [2.45, 2.75) is 51.4 Å². The first-order valence-electron chi connectivity index (χ1n) is 6.22. The minimum Gasteiger partial charge on any atom is -0.506 e. The molecule has 2 rings (SSSR count). The molecule has 0 bridgehead atoms. The van der Waals surface area contributed by atoms with Crippen LogP contribution in [0.4, 0.5) is 0 Å². The SMILES string of the molecule is CC1(C)CCC(C)(C)c2c1cc(C=O)c(O)c2Cl. The Labute approximate surface area is 113 Å². The van der Waals surface area contributed by atoms with Crippen LogP contribution in [0.1, 0.15) is 62.0 Å². The van der Waals surface area contributed by atoms with E-state index >= 15 is 0 Å². The lowest BCUT2D eigenvalue weighted by Gasteiger charge is -2.42. The third kappa shape index (κ3) is 1.83. The van der Waals surface area contributed by atoms with Crippen molar-refractivity contribution >= 4 is 17.9 Å². The van der Waals surface area contributed by atoms with Gasteiger partial charge >= 0.3 is 0 Å². The van der Waals surface area contributed by atoms with Gasteiger partial charge in [0.25, 0.3) is 0 Å². The molecule has 0 saturated carbocycles. The summed E-state index contributed by atoms with van der Waals surface area (Å²) in [5, 5.41) is 10.3. The summed E-state index contributed by atoms with van der Waals surface area (Å²) in [5.41, 5.74) is 2.28. The number of benzene rings is 1. The van der Waals surface area contributed by atoms with Crippen LogP contribution in [0.3, 0.4) is 0 Å². The summed E-state index contributed by atoms with van der Waals surface area (Å²) in [4.78, 5) is 11.0. The molecule has 98 valence electrons. The van der Waals surface area contributed by atoms with Gasteiger partial charge in [-0.25, -0.2) is 0 Å². The average Bonchev–Trinajstić information content (AvgIpc) is 2.28. The highest BCUT2D eigenvalue weighted by Crippen LogP contribution is 2.51. The molecule has 0 aromatic heterocycles. The fourth-order valence-electron chi connectivity index (χ4n) is 2.83. The third-order valence-corrected chi connectivity index (χ3v) is 4.55. The van der Waals surface area contributed by atoms with Gasteiger partial charge in [-0.3, -0.25) is 4.79 Å². The molecule has 3 heteroatoms. The number of halogens is 1. The Bertz CT molecular complexity index is 516. The molecule has 0 amide bonds. The number of phenolic OH excluding ortho intramolecular Hbond substituents is 1. The Balaban J connectivity index is 2.84. The summed E-state index contributed by atoms with van der Waals surface area (Å²) in [5.74, 6) is -0.0869. The van der Waals surface area contributed by atoms with Crippen molar-refractivity contribution in [2.75, 3.05) is 0 Å². The van der Waals surface area contributed by atoms with Crippen molar-refractivity contribution in [2.24, 2.45) is 0 Å². The Morgan fingerprint density at radius 2 is 1.78 bits per heavy atom. The maximum Gasteiger partial charge on any atom is 0.153 e. The number of hydrogen-bond donors (Lipinski definition) is 1. The van der Waals surface area contributed by atoms with E-state index in [1.54, 1.807) is 6.07 Å². The molecular formula is C15H19ClO2. The minimum atomic E-state index is -0.0869. The molecule has 2 nitrogen and oxygen atoms in total. The van der Waals surface area contributed by atoms with Crippen LogP contribution in [-0.2, 0) is 10.8 Å². The quantitative estimate of drug-likeness (QED) is 0.773. The summed E-state index contributed by atoms with van der Waals surface area (Å²) in [6, 6.07) is 1.80. The third-order valence-electron chi connectivity index (χ3n) is 4.18. The Kier molecular flexibility index (Phi) is 2.97. The zero-order valence-electron chi connectivity index (χ0n) is 11.3. The largest absolute Gasteiger partial charge is 0.506 e. The zero-order valence-corrected chi connectivity index (χ0v) is 12.1. The van der Waals surface area contributed by atoms with Crippen LogP contribution < -0.4 is 0 Å². The molecule has 0 saturated heterocycles. The highest BCUT2D eigenvalue weighted by atomic mass is 35.5. The lowest BCUT2D eigenvalue weighted by molar-refractivity contribution is 0.112. The Morgan fingerprint density at radius 3 is 2.33 bits per heavy atom. The molecule has 1 N–H and O–H groups in total. The van der Waals surface area contributed by atoms with E-state index in [0.717, 1.165) is 24.0 Å². The monoisotopic (exact) mass is 266 g/mol. The molecule has 1 aromatic carbocycles. The maximum absolute atomic E-state index is 11.0. The van der Waals surface area contributed by atoms with Crippen molar-refractivity contribution in [1.29, 1.82) is 0 Å². The van der Waals surface area contributed by atoms with Crippen LogP contribution in [0, 0.1) is 0 Å². The van der Waals surface area contributed by atoms with Crippen molar-refractivity contribution in [3.63, 3.8) is 0 Å². The Morgan fingerprint density at radius 1 is 1.22 bits per heavy atom. The summed E-state index contributed by atoms with van der Waals surface area (Å²) in [6.45, 7) is 8.58. The first-order chi connectivity index (χ1) is 8.20. The van der Waals surface area contributed by atoms with Gasteiger partial charge in [0.2, 0.25) is 0 Å². The van der Waals surface area contributed by atoms with Gasteiger partial charge in [-0.15, -0.1) is 0 Å². The second kappa shape index (κ2) is 3.99. The highest BCUT2D eigenvalue weighted by Gasteiger charge is 2.39. The number of rotatable bonds is 1. The first kappa shape index (κ1) is 13.4. The van der Waals surface area contributed by atoms with Gasteiger partial charge in [0.05, 0.1) is 10.6 Å². The van der Waals surface area contributed by atoms with E-state index in [9.17, 15) is 9.90 Å². The molecule has 0 aliphatic heterocycles. The van der Waals surface area contributed by atoms with Crippen LogP contribution >= 0.6 is 11.6 Å². The van der Waals surface area contributed by atoms with Gasteiger partial charge < -0.3 is 5.11 Å². The first-order valence-corrected chi connectivity index (χ1v) is 6.60. The lowest BCUT2D eigenvalue weighted by Crippen LogP contribution is -2.34. The molecule has 0 spiro atoms. The number of fused-ring (bicyclic) bond motifs is 1. The van der Waals surface area contributed by atoms with Gasteiger partial charge in [0, 0.05) is 0 Å². The number of hydrogen-bond acceptors (Lipinski definition) is 2. The predicted octanol–water partition coefficient (Wildman–Crippen LogP) is 4.21. The Hall–Kier alpha value is -1.02. The van der Waals surface area contributed by atoms with Crippen molar-refractivity contribution in [3.8, 4) is 5.75 Å². The van der Waals surface area contributed by atoms with Gasteiger partial charge in [-0.05, 0) is 40.9 Å². The second-order valence-electron chi connectivity index (χ2n) is 6.44. The van der Waals surface area contributed by atoms with E-state index in [1.165, 1.54) is 0 Å². The van der Waals surface area contributed by atoms with E-state index in [4.69, 9.17) is 11.6 Å². The molecular weight excluding hydrogens is 248 g/mol. The normalized spacial score (nSPS) is 20.3. The average molecular weight is 267 g/mol. The summed E-state index contributed by atoms with van der Waals surface area (Å²) in [7, 11) is 0. The van der Waals surface area contributed by atoms with E-state index in [1.807, 2.05) is 0 Å². The fourth-order valence-corrected chi connectivity index (χ4v) is 3.30. The van der Waals surface area contributed by atoms with Crippen LogP contribution in [0.15, 0.2) is 6.07 Å². The number of carbonyl (C=O) groups is 1. The van der Waals surface area contributed by atoms with Crippen LogP contribution in [0.25, 0.3) is 0 Å². The maximum atomic E-state index is 11.0. The minimum absolute atomic E-state index is 0.0139. The number of aldehydes is 1. The van der Waals surface area contributed by atoms with Gasteiger partial charge in [0.15, 0.2) is 6.29 Å². The zero-order chi connectivity index (χ0) is 13.7. The molecule has 0 radical (unpaired) electrons. The van der Waals surface area contributed by atoms with Crippen molar-refractivity contribution < 1.29 is 9.90 Å². The predicted molar refractivity (Wildman–Crippen MR) is 73.8 cm³/mol. The molecule has 1 aromatic rings. The van der Waals surface area contributed by atoms with Crippen LogP contribution in [0.2, 0.25) is 5.02 Å². The topological polar surface area (TPSA) is 37.3 Å². The fraction of sp³-hybridized carbons (Fsp3) is 0.533. The van der Waals surface area contributed by atoms with Crippen molar-refractivity contribution in [3.05, 3.63) is 27.8 Å². The smallest absolute Gasteiger partial charge is 0.153 e. The molecule has 0 fully saturated rings. The summed E-state index contributed by atoms with van der Waals surface area (Å²) in [6.07, 6.45) is 2.73. The van der Waals surface area contributed by atoms with Gasteiger partial charge in [0.1, 0.15) is 5.75 Å². The molecule has 0 heterocycles. The highest BCUT2D eigenvalue weighted by molar-refractivity contribution is 6.33. The number of aromatic hydroxyl groups is 1. The van der Waals surface area contributed by atoms with Gasteiger partial charge in [-0.1, -0.05) is 39.3 Å². The lowest BCUT2D eigenvalue weighted by atomic mass is 9.63. The van der Waals surface area contributed by atoms with Crippen LogP contribution in [-0.4, -0.2) is 11.4 Å². The van der Waals surface area contributed by atoms with Crippen molar-refractivity contribution in [1.82, 2.24) is 0 Å². The standard InChI is InChI=1S/C15H19ClO2/c1-14(2)5-6-15(3,4)11-10(14)7-9(8-17)13(18)12(11)16/h7-8,18H,5-6H2,1-4H3. The van der Waals surface area contributed by atoms with Gasteiger partial charge in [-0.2, -0.15) is 0 Å². The second-order valence-corrected chi connectivity index (χ2v) is 6.81. The van der Waals surface area contributed by atoms with E-state index in [-0.39, 0.29) is 22.1 Å². The molecule has 1 aliphatic carbocycles. The van der Waals surface area contributed by atoms with E-state index in [0.29, 0.717) is 11.3 Å². The van der Waals surface area contributed by atoms with E-state index in [2.05, 4.69) is 27.7 Å². The summed E-state index contributed by atoms with van der Waals surface area (Å²) < 4.78 is 0. The number of carbonyl (C=O) groups excluding carboxylic acids is 1. The molecule has 1 aliphatic rings. The van der Waals surface area contributed by atoms with E-state index < -0.39 is 0 Å². The number of phenols is 1. The molecule has 0 atom stereocenters.